The summed E-state index contributed by atoms with van der Waals surface area (Å²) < 4.78 is 1.73. The van der Waals surface area contributed by atoms with Crippen LogP contribution in [0.5, 0.6) is 0 Å². The Morgan fingerprint density at radius 2 is 1.93 bits per heavy atom. The molecule has 1 aliphatic rings. The molecular formula is C21H17ClN6OS. The standard InChI is InChI=1S/C21H17ClN6OS/c22-16-7-5-14(6-8-16)11-28-20-19(25-26-28)21(24-13-23-20)30-12-18(29)27-10-9-15-3-1-2-4-17(15)27/h1-8,13H,9-12H2. The fourth-order valence-corrected chi connectivity index (χ4v) is 4.48. The van der Waals surface area contributed by atoms with Gasteiger partial charge in [-0.05, 0) is 35.7 Å². The van der Waals surface area contributed by atoms with Crippen molar-refractivity contribution in [1.82, 2.24) is 25.0 Å². The number of nitrogens with zero attached hydrogens (tertiary/aromatic N) is 6. The molecule has 0 unspecified atom stereocenters. The van der Waals surface area contributed by atoms with E-state index in [1.54, 1.807) is 4.68 Å². The zero-order valence-corrected chi connectivity index (χ0v) is 17.5. The minimum atomic E-state index is 0.0604. The molecule has 4 aromatic rings. The van der Waals surface area contributed by atoms with Crippen molar-refractivity contribution in [3.05, 3.63) is 71.0 Å². The summed E-state index contributed by atoms with van der Waals surface area (Å²) in [5, 5.41) is 9.83. The van der Waals surface area contributed by atoms with Crippen molar-refractivity contribution in [2.24, 2.45) is 0 Å². The second-order valence-electron chi connectivity index (χ2n) is 6.94. The molecule has 150 valence electrons. The maximum Gasteiger partial charge on any atom is 0.237 e. The number of hydrogen-bond donors (Lipinski definition) is 0. The van der Waals surface area contributed by atoms with Gasteiger partial charge in [0, 0.05) is 17.3 Å². The van der Waals surface area contributed by atoms with Gasteiger partial charge in [0.15, 0.2) is 11.2 Å². The van der Waals surface area contributed by atoms with Crippen LogP contribution in [-0.4, -0.2) is 43.2 Å². The Labute approximate surface area is 182 Å². The van der Waals surface area contributed by atoms with Gasteiger partial charge in [0.25, 0.3) is 0 Å². The van der Waals surface area contributed by atoms with Gasteiger partial charge in [0.1, 0.15) is 11.4 Å². The molecule has 0 aliphatic carbocycles. The number of anilines is 1. The number of thioether (sulfide) groups is 1. The number of amides is 1. The Morgan fingerprint density at radius 1 is 1.10 bits per heavy atom. The highest BCUT2D eigenvalue weighted by molar-refractivity contribution is 8.00. The lowest BCUT2D eigenvalue weighted by Gasteiger charge is -2.16. The summed E-state index contributed by atoms with van der Waals surface area (Å²) >= 11 is 7.32. The first-order valence-electron chi connectivity index (χ1n) is 9.49. The molecule has 5 rings (SSSR count). The van der Waals surface area contributed by atoms with Crippen molar-refractivity contribution >= 4 is 46.1 Å². The molecular weight excluding hydrogens is 420 g/mol. The number of benzene rings is 2. The molecule has 0 atom stereocenters. The van der Waals surface area contributed by atoms with E-state index in [2.05, 4.69) is 26.3 Å². The van der Waals surface area contributed by atoms with E-state index < -0.39 is 0 Å². The van der Waals surface area contributed by atoms with Crippen LogP contribution in [0, 0.1) is 0 Å². The molecule has 2 aromatic carbocycles. The Morgan fingerprint density at radius 3 is 2.80 bits per heavy atom. The Bertz CT molecular complexity index is 1230. The van der Waals surface area contributed by atoms with Crippen LogP contribution in [0.2, 0.25) is 5.02 Å². The summed E-state index contributed by atoms with van der Waals surface area (Å²) in [7, 11) is 0. The zero-order valence-electron chi connectivity index (χ0n) is 15.9. The number of aromatic nitrogens is 5. The molecule has 1 aliphatic heterocycles. The normalized spacial score (nSPS) is 13.0. The number of carbonyl (C=O) groups is 1. The number of carbonyl (C=O) groups excluding carboxylic acids is 1. The van der Waals surface area contributed by atoms with E-state index >= 15 is 0 Å². The number of para-hydroxylation sites is 1. The molecule has 2 aromatic heterocycles. The van der Waals surface area contributed by atoms with E-state index in [4.69, 9.17) is 11.6 Å². The molecule has 1 amide bonds. The first-order valence-corrected chi connectivity index (χ1v) is 10.8. The predicted molar refractivity (Wildman–Crippen MR) is 117 cm³/mol. The van der Waals surface area contributed by atoms with Crippen molar-refractivity contribution < 1.29 is 4.79 Å². The third kappa shape index (κ3) is 3.64. The average Bonchev–Trinajstić information content (AvgIpc) is 3.38. The molecule has 3 heterocycles. The van der Waals surface area contributed by atoms with Gasteiger partial charge in [-0.2, -0.15) is 0 Å². The van der Waals surface area contributed by atoms with E-state index in [9.17, 15) is 4.79 Å². The van der Waals surface area contributed by atoms with Crippen LogP contribution in [0.4, 0.5) is 5.69 Å². The van der Waals surface area contributed by atoms with Crippen LogP contribution >= 0.6 is 23.4 Å². The van der Waals surface area contributed by atoms with Crippen LogP contribution in [0.25, 0.3) is 11.2 Å². The highest BCUT2D eigenvalue weighted by atomic mass is 35.5. The fourth-order valence-electron chi connectivity index (χ4n) is 3.55. The van der Waals surface area contributed by atoms with Crippen molar-refractivity contribution in [3.63, 3.8) is 0 Å². The third-order valence-corrected chi connectivity index (χ3v) is 6.25. The summed E-state index contributed by atoms with van der Waals surface area (Å²) in [4.78, 5) is 23.3. The van der Waals surface area contributed by atoms with E-state index in [-0.39, 0.29) is 11.7 Å². The minimum Gasteiger partial charge on any atom is -0.311 e. The van der Waals surface area contributed by atoms with Gasteiger partial charge in [0.2, 0.25) is 5.91 Å². The SMILES string of the molecule is O=C(CSc1ncnc2c1nnn2Cc1ccc(Cl)cc1)N1CCc2ccccc21. The molecule has 30 heavy (non-hydrogen) atoms. The highest BCUT2D eigenvalue weighted by Gasteiger charge is 2.24. The molecule has 0 saturated heterocycles. The van der Waals surface area contributed by atoms with Gasteiger partial charge in [-0.1, -0.05) is 58.9 Å². The Hall–Kier alpha value is -2.97. The molecule has 0 radical (unpaired) electrons. The quantitative estimate of drug-likeness (QED) is 0.351. The van der Waals surface area contributed by atoms with Crippen LogP contribution < -0.4 is 4.90 Å². The predicted octanol–water partition coefficient (Wildman–Crippen LogP) is 3.60. The van der Waals surface area contributed by atoms with Crippen molar-refractivity contribution in [3.8, 4) is 0 Å². The van der Waals surface area contributed by atoms with Gasteiger partial charge in [-0.15, -0.1) is 5.10 Å². The maximum absolute atomic E-state index is 12.8. The van der Waals surface area contributed by atoms with Gasteiger partial charge in [-0.25, -0.2) is 14.6 Å². The largest absolute Gasteiger partial charge is 0.311 e. The molecule has 0 N–H and O–H groups in total. The van der Waals surface area contributed by atoms with Gasteiger partial charge in [0.05, 0.1) is 12.3 Å². The van der Waals surface area contributed by atoms with Crippen LogP contribution in [0.1, 0.15) is 11.1 Å². The average molecular weight is 437 g/mol. The molecule has 0 spiro atoms. The van der Waals surface area contributed by atoms with Gasteiger partial charge in [-0.3, -0.25) is 4.79 Å². The minimum absolute atomic E-state index is 0.0604. The summed E-state index contributed by atoms with van der Waals surface area (Å²) in [6, 6.07) is 15.6. The van der Waals surface area contributed by atoms with Crippen LogP contribution in [0.15, 0.2) is 59.9 Å². The molecule has 7 nitrogen and oxygen atoms in total. The molecule has 0 saturated carbocycles. The first kappa shape index (κ1) is 19.0. The summed E-state index contributed by atoms with van der Waals surface area (Å²) in [5.41, 5.74) is 4.50. The Kier molecular flexibility index (Phi) is 5.10. The number of fused-ring (bicyclic) bond motifs is 2. The highest BCUT2D eigenvalue weighted by Crippen LogP contribution is 2.29. The number of halogens is 1. The van der Waals surface area contributed by atoms with Crippen LogP contribution in [0.3, 0.4) is 0 Å². The maximum atomic E-state index is 12.8. The van der Waals surface area contributed by atoms with Gasteiger partial charge >= 0.3 is 0 Å². The molecule has 0 fully saturated rings. The lowest BCUT2D eigenvalue weighted by Crippen LogP contribution is -2.30. The second-order valence-corrected chi connectivity index (χ2v) is 8.34. The number of rotatable bonds is 5. The van der Waals surface area contributed by atoms with Crippen molar-refractivity contribution in [2.75, 3.05) is 17.2 Å². The zero-order chi connectivity index (χ0) is 20.5. The van der Waals surface area contributed by atoms with Crippen LogP contribution in [-0.2, 0) is 17.8 Å². The second kappa shape index (κ2) is 8.04. The summed E-state index contributed by atoms with van der Waals surface area (Å²) in [5.74, 6) is 0.343. The lowest BCUT2D eigenvalue weighted by atomic mass is 10.2. The molecule has 0 bridgehead atoms. The van der Waals surface area contributed by atoms with E-state index in [0.717, 1.165) is 24.2 Å². The van der Waals surface area contributed by atoms with E-state index in [1.165, 1.54) is 23.7 Å². The van der Waals surface area contributed by atoms with Crippen molar-refractivity contribution in [2.45, 2.75) is 18.0 Å². The first-order chi connectivity index (χ1) is 14.7. The van der Waals surface area contributed by atoms with Crippen molar-refractivity contribution in [1.29, 1.82) is 0 Å². The van der Waals surface area contributed by atoms with Gasteiger partial charge < -0.3 is 4.90 Å². The monoisotopic (exact) mass is 436 g/mol. The summed E-state index contributed by atoms with van der Waals surface area (Å²) in [6.07, 6.45) is 2.38. The Balaban J connectivity index is 1.32. The third-order valence-electron chi connectivity index (χ3n) is 5.03. The topological polar surface area (TPSA) is 76.8 Å². The molecule has 9 heteroatoms. The number of hydrogen-bond acceptors (Lipinski definition) is 6. The fraction of sp³-hybridized carbons (Fsp3) is 0.190. The van der Waals surface area contributed by atoms with E-state index in [0.29, 0.717) is 27.8 Å². The van der Waals surface area contributed by atoms with E-state index in [1.807, 2.05) is 47.4 Å². The smallest absolute Gasteiger partial charge is 0.237 e. The lowest BCUT2D eigenvalue weighted by molar-refractivity contribution is -0.116. The summed E-state index contributed by atoms with van der Waals surface area (Å²) in [6.45, 7) is 1.24.